The maximum atomic E-state index is 13.4. The van der Waals surface area contributed by atoms with Crippen LogP contribution < -0.4 is 15.0 Å². The third kappa shape index (κ3) is 4.21. The van der Waals surface area contributed by atoms with E-state index in [0.29, 0.717) is 34.9 Å². The Balaban J connectivity index is 1.75. The normalized spacial score (nSPS) is 13.7. The van der Waals surface area contributed by atoms with Crippen molar-refractivity contribution in [3.63, 3.8) is 0 Å². The van der Waals surface area contributed by atoms with Crippen LogP contribution in [0.25, 0.3) is 5.57 Å². The molecule has 0 unspecified atom stereocenters. The van der Waals surface area contributed by atoms with Gasteiger partial charge in [0.1, 0.15) is 11.4 Å². The van der Waals surface area contributed by atoms with E-state index in [1.807, 2.05) is 68.4 Å². The molecule has 0 radical (unpaired) electrons. The second-order valence-corrected chi connectivity index (χ2v) is 7.40. The maximum Gasteiger partial charge on any atom is 0.282 e. The largest absolute Gasteiger partial charge is 0.494 e. The van der Waals surface area contributed by atoms with Crippen molar-refractivity contribution in [3.05, 3.63) is 95.7 Å². The number of hydrogen-bond donors (Lipinski definition) is 1. The Morgan fingerprint density at radius 1 is 0.871 bits per heavy atom. The summed E-state index contributed by atoms with van der Waals surface area (Å²) in [4.78, 5) is 28.0. The first-order chi connectivity index (χ1) is 15.1. The molecule has 0 fully saturated rings. The summed E-state index contributed by atoms with van der Waals surface area (Å²) in [6.45, 7) is 4.64. The van der Waals surface area contributed by atoms with E-state index in [2.05, 4.69) is 5.32 Å². The molecule has 31 heavy (non-hydrogen) atoms. The molecule has 5 heteroatoms. The lowest BCUT2D eigenvalue weighted by Gasteiger charge is -2.15. The van der Waals surface area contributed by atoms with Crippen LogP contribution in [0, 0.1) is 6.92 Å². The summed E-state index contributed by atoms with van der Waals surface area (Å²) in [7, 11) is 0. The molecule has 0 saturated carbocycles. The molecule has 4 rings (SSSR count). The monoisotopic (exact) mass is 412 g/mol. The van der Waals surface area contributed by atoms with Gasteiger partial charge in [0, 0.05) is 11.8 Å². The molecule has 0 atom stereocenters. The summed E-state index contributed by atoms with van der Waals surface area (Å²) in [6.07, 6.45) is 0.902. The third-order valence-electron chi connectivity index (χ3n) is 5.01. The van der Waals surface area contributed by atoms with Crippen molar-refractivity contribution in [2.75, 3.05) is 16.8 Å². The van der Waals surface area contributed by atoms with Gasteiger partial charge < -0.3 is 10.1 Å². The number of ether oxygens (including phenoxy) is 1. The molecule has 0 saturated heterocycles. The lowest BCUT2D eigenvalue weighted by Crippen LogP contribution is -2.32. The topological polar surface area (TPSA) is 58.6 Å². The Morgan fingerprint density at radius 3 is 2.32 bits per heavy atom. The van der Waals surface area contributed by atoms with Crippen LogP contribution >= 0.6 is 0 Å². The van der Waals surface area contributed by atoms with E-state index in [4.69, 9.17) is 4.74 Å². The van der Waals surface area contributed by atoms with E-state index >= 15 is 0 Å². The van der Waals surface area contributed by atoms with Crippen LogP contribution in [0.4, 0.5) is 11.4 Å². The fraction of sp³-hybridized carbons (Fsp3) is 0.154. The van der Waals surface area contributed by atoms with Crippen LogP contribution in [0.15, 0.2) is 84.6 Å². The maximum absolute atomic E-state index is 13.4. The molecular formula is C26H24N2O3. The Hall–Kier alpha value is -3.86. The fourth-order valence-corrected chi connectivity index (χ4v) is 3.47. The number of anilines is 2. The number of benzene rings is 3. The highest BCUT2D eigenvalue weighted by Crippen LogP contribution is 2.34. The number of rotatable bonds is 7. The molecule has 1 aliphatic rings. The lowest BCUT2D eigenvalue weighted by molar-refractivity contribution is -0.120. The minimum absolute atomic E-state index is 0.255. The summed E-state index contributed by atoms with van der Waals surface area (Å²) in [5.41, 5.74) is 3.61. The highest BCUT2D eigenvalue weighted by Gasteiger charge is 2.40. The van der Waals surface area contributed by atoms with Crippen LogP contribution in [-0.4, -0.2) is 18.4 Å². The van der Waals surface area contributed by atoms with Crippen molar-refractivity contribution in [3.8, 4) is 5.75 Å². The first kappa shape index (κ1) is 20.4. The summed E-state index contributed by atoms with van der Waals surface area (Å²) in [5, 5.41) is 3.19. The highest BCUT2D eigenvalue weighted by molar-refractivity contribution is 6.46. The first-order valence-electron chi connectivity index (χ1n) is 10.3. The second kappa shape index (κ2) is 8.88. The molecule has 0 aliphatic carbocycles. The lowest BCUT2D eigenvalue weighted by atomic mass is 10.0. The minimum Gasteiger partial charge on any atom is -0.494 e. The van der Waals surface area contributed by atoms with Gasteiger partial charge in [-0.05, 0) is 43.2 Å². The van der Waals surface area contributed by atoms with Crippen molar-refractivity contribution >= 4 is 28.8 Å². The number of aryl methyl sites for hydroxylation is 1. The number of hydrogen-bond acceptors (Lipinski definition) is 4. The molecule has 3 aromatic rings. The molecule has 5 nitrogen and oxygen atoms in total. The van der Waals surface area contributed by atoms with E-state index in [0.717, 1.165) is 12.0 Å². The second-order valence-electron chi connectivity index (χ2n) is 7.40. The van der Waals surface area contributed by atoms with Crippen molar-refractivity contribution < 1.29 is 14.3 Å². The Morgan fingerprint density at radius 2 is 1.61 bits per heavy atom. The molecule has 0 aromatic heterocycles. The number of para-hydroxylation sites is 1. The van der Waals surface area contributed by atoms with Gasteiger partial charge in [0.25, 0.3) is 11.8 Å². The quantitative estimate of drug-likeness (QED) is 0.543. The predicted octanol–water partition coefficient (Wildman–Crippen LogP) is 5.18. The summed E-state index contributed by atoms with van der Waals surface area (Å²) in [6, 6.07) is 24.0. The van der Waals surface area contributed by atoms with Crippen molar-refractivity contribution in [2.24, 2.45) is 0 Å². The van der Waals surface area contributed by atoms with Gasteiger partial charge in [0.2, 0.25) is 0 Å². The standard InChI is InChI=1S/C26H24N2O3/c1-3-16-31-22-11-7-8-20(17-22)27-24-23(19-14-12-18(2)13-15-19)25(29)28(26(24)30)21-9-5-4-6-10-21/h4-15,17,27H,3,16H2,1-2H3. The molecule has 0 spiro atoms. The zero-order valence-electron chi connectivity index (χ0n) is 17.6. The van der Waals surface area contributed by atoms with Gasteiger partial charge in [-0.3, -0.25) is 9.59 Å². The van der Waals surface area contributed by atoms with Gasteiger partial charge in [-0.25, -0.2) is 4.90 Å². The molecule has 1 heterocycles. The summed E-state index contributed by atoms with van der Waals surface area (Å²) in [5.74, 6) is -0.0198. The van der Waals surface area contributed by atoms with Crippen LogP contribution in [0.5, 0.6) is 5.75 Å². The molecule has 0 bridgehead atoms. The van der Waals surface area contributed by atoms with E-state index < -0.39 is 0 Å². The highest BCUT2D eigenvalue weighted by atomic mass is 16.5. The van der Waals surface area contributed by atoms with Crippen molar-refractivity contribution in [1.29, 1.82) is 0 Å². The Bertz CT molecular complexity index is 1130. The van der Waals surface area contributed by atoms with E-state index in [1.165, 1.54) is 4.90 Å². The zero-order chi connectivity index (χ0) is 21.8. The number of nitrogens with zero attached hydrogens (tertiary/aromatic N) is 1. The van der Waals surface area contributed by atoms with Crippen LogP contribution in [0.1, 0.15) is 24.5 Å². The number of carbonyl (C=O) groups excluding carboxylic acids is 2. The number of carbonyl (C=O) groups is 2. The van der Waals surface area contributed by atoms with Crippen molar-refractivity contribution in [1.82, 2.24) is 0 Å². The Kier molecular flexibility index (Phi) is 5.85. The van der Waals surface area contributed by atoms with Crippen molar-refractivity contribution in [2.45, 2.75) is 20.3 Å². The van der Waals surface area contributed by atoms with Crippen LogP contribution in [0.2, 0.25) is 0 Å². The molecule has 3 aromatic carbocycles. The summed E-state index contributed by atoms with van der Waals surface area (Å²) >= 11 is 0. The molecule has 156 valence electrons. The zero-order valence-corrected chi connectivity index (χ0v) is 17.6. The number of imide groups is 1. The van der Waals surface area contributed by atoms with E-state index in [9.17, 15) is 9.59 Å². The average Bonchev–Trinajstić information content (AvgIpc) is 3.03. The number of amides is 2. The number of nitrogens with one attached hydrogen (secondary N) is 1. The van der Waals surface area contributed by atoms with Gasteiger partial charge in [-0.15, -0.1) is 0 Å². The van der Waals surface area contributed by atoms with Crippen LogP contribution in [-0.2, 0) is 9.59 Å². The molecule has 1 aliphatic heterocycles. The molecule has 2 amide bonds. The third-order valence-corrected chi connectivity index (χ3v) is 5.01. The van der Waals surface area contributed by atoms with E-state index in [1.54, 1.807) is 24.3 Å². The van der Waals surface area contributed by atoms with E-state index in [-0.39, 0.29) is 17.5 Å². The minimum atomic E-state index is -0.383. The summed E-state index contributed by atoms with van der Waals surface area (Å²) < 4.78 is 5.71. The predicted molar refractivity (Wildman–Crippen MR) is 123 cm³/mol. The van der Waals surface area contributed by atoms with Crippen LogP contribution in [0.3, 0.4) is 0 Å². The SMILES string of the molecule is CCCOc1cccc(NC2=C(c3ccc(C)cc3)C(=O)N(c3ccccc3)C2=O)c1. The molecule has 1 N–H and O–H groups in total. The van der Waals surface area contributed by atoms with Gasteiger partial charge in [0.15, 0.2) is 0 Å². The molecular weight excluding hydrogens is 388 g/mol. The smallest absolute Gasteiger partial charge is 0.282 e. The Labute approximate surface area is 182 Å². The van der Waals surface area contributed by atoms with Gasteiger partial charge in [-0.2, -0.15) is 0 Å². The van der Waals surface area contributed by atoms with Gasteiger partial charge in [0.05, 0.1) is 17.9 Å². The first-order valence-corrected chi connectivity index (χ1v) is 10.3. The van der Waals surface area contributed by atoms with Gasteiger partial charge >= 0.3 is 0 Å². The fourth-order valence-electron chi connectivity index (χ4n) is 3.47. The van der Waals surface area contributed by atoms with Gasteiger partial charge in [-0.1, -0.05) is 61.0 Å². The average molecular weight is 412 g/mol.